The van der Waals surface area contributed by atoms with Gasteiger partial charge in [0.05, 0.1) is 25.3 Å². The zero-order valence-corrected chi connectivity index (χ0v) is 12.7. The van der Waals surface area contributed by atoms with E-state index in [1.165, 1.54) is 0 Å². The second kappa shape index (κ2) is 5.11. The highest BCUT2D eigenvalue weighted by atomic mass is 16.6. The van der Waals surface area contributed by atoms with Crippen molar-refractivity contribution in [2.75, 3.05) is 32.9 Å². The van der Waals surface area contributed by atoms with Crippen molar-refractivity contribution in [2.45, 2.75) is 18.9 Å². The second-order valence-corrected chi connectivity index (χ2v) is 6.23. The zero-order chi connectivity index (χ0) is 15.2. The number of para-hydroxylation sites is 1. The van der Waals surface area contributed by atoms with Crippen LogP contribution in [0.15, 0.2) is 24.3 Å². The molecule has 0 aliphatic carbocycles. The molecule has 1 unspecified atom stereocenters. The van der Waals surface area contributed by atoms with Crippen LogP contribution in [0.3, 0.4) is 0 Å². The number of carbonyl (C=O) groups excluding carboxylic acids is 1. The maximum Gasteiger partial charge on any atom is 0.256 e. The molecular formula is C17H20N2O3. The van der Waals surface area contributed by atoms with E-state index >= 15 is 0 Å². The van der Waals surface area contributed by atoms with Crippen LogP contribution in [0.5, 0.6) is 0 Å². The van der Waals surface area contributed by atoms with Crippen molar-refractivity contribution in [3.63, 3.8) is 0 Å². The highest BCUT2D eigenvalue weighted by Crippen LogP contribution is 2.30. The Labute approximate surface area is 129 Å². The van der Waals surface area contributed by atoms with Crippen LogP contribution in [0, 0.1) is 6.92 Å². The Bertz CT molecular complexity index is 716. The van der Waals surface area contributed by atoms with E-state index in [1.807, 2.05) is 36.1 Å². The van der Waals surface area contributed by atoms with Gasteiger partial charge in [-0.05, 0) is 13.0 Å². The molecule has 0 radical (unpaired) electrons. The number of nitrogens with zero attached hydrogens (tertiary/aromatic N) is 1. The fourth-order valence-electron chi connectivity index (χ4n) is 3.56. The highest BCUT2D eigenvalue weighted by molar-refractivity contribution is 6.08. The summed E-state index contributed by atoms with van der Waals surface area (Å²) in [6.07, 6.45) is 0.865. The van der Waals surface area contributed by atoms with Gasteiger partial charge in [-0.15, -0.1) is 0 Å². The molecule has 1 atom stereocenters. The molecule has 0 bridgehead atoms. The molecule has 1 N–H and O–H groups in total. The van der Waals surface area contributed by atoms with Crippen LogP contribution in [-0.2, 0) is 9.47 Å². The van der Waals surface area contributed by atoms with E-state index in [4.69, 9.17) is 9.47 Å². The normalized spacial score (nSPS) is 25.2. The number of rotatable bonds is 1. The quantitative estimate of drug-likeness (QED) is 0.877. The average molecular weight is 300 g/mol. The molecule has 3 heterocycles. The summed E-state index contributed by atoms with van der Waals surface area (Å²) in [6, 6.07) is 7.95. The first-order chi connectivity index (χ1) is 10.7. The molecule has 1 aromatic carbocycles. The number of hydrogen-bond acceptors (Lipinski definition) is 3. The third kappa shape index (κ3) is 2.12. The van der Waals surface area contributed by atoms with Gasteiger partial charge in [-0.1, -0.05) is 18.2 Å². The van der Waals surface area contributed by atoms with E-state index in [0.29, 0.717) is 32.9 Å². The summed E-state index contributed by atoms with van der Waals surface area (Å²) in [4.78, 5) is 18.3. The number of amides is 1. The van der Waals surface area contributed by atoms with E-state index in [1.54, 1.807) is 0 Å². The molecule has 22 heavy (non-hydrogen) atoms. The monoisotopic (exact) mass is 300 g/mol. The molecule has 2 aromatic rings. The number of nitrogens with one attached hydrogen (secondary N) is 1. The summed E-state index contributed by atoms with van der Waals surface area (Å²) in [6.45, 7) is 5.10. The number of aromatic nitrogens is 1. The summed E-state index contributed by atoms with van der Waals surface area (Å²) < 4.78 is 11.4. The third-order valence-electron chi connectivity index (χ3n) is 4.71. The highest BCUT2D eigenvalue weighted by Gasteiger charge is 2.42. The van der Waals surface area contributed by atoms with Crippen LogP contribution >= 0.6 is 0 Å². The van der Waals surface area contributed by atoms with E-state index in [-0.39, 0.29) is 11.5 Å². The molecule has 1 spiro atoms. The Hall–Kier alpha value is -1.85. The van der Waals surface area contributed by atoms with Gasteiger partial charge in [0.2, 0.25) is 0 Å². The molecule has 1 amide bonds. The molecule has 4 rings (SSSR count). The molecule has 2 saturated heterocycles. The first-order valence-corrected chi connectivity index (χ1v) is 7.77. The van der Waals surface area contributed by atoms with Crippen LogP contribution in [0.2, 0.25) is 0 Å². The first kappa shape index (κ1) is 13.8. The molecular weight excluding hydrogens is 280 g/mol. The molecule has 5 nitrogen and oxygen atoms in total. The van der Waals surface area contributed by atoms with E-state index in [9.17, 15) is 4.79 Å². The van der Waals surface area contributed by atoms with Crippen molar-refractivity contribution in [1.82, 2.24) is 9.88 Å². The average Bonchev–Trinajstić information content (AvgIpc) is 3.10. The maximum atomic E-state index is 13.0. The number of ether oxygens (including phenoxy) is 2. The van der Waals surface area contributed by atoms with Gasteiger partial charge >= 0.3 is 0 Å². The first-order valence-electron chi connectivity index (χ1n) is 7.77. The Morgan fingerprint density at radius 1 is 1.32 bits per heavy atom. The van der Waals surface area contributed by atoms with E-state index in [0.717, 1.165) is 28.6 Å². The lowest BCUT2D eigenvalue weighted by atomic mass is 9.99. The molecule has 116 valence electrons. The maximum absolute atomic E-state index is 13.0. The summed E-state index contributed by atoms with van der Waals surface area (Å²) >= 11 is 0. The van der Waals surface area contributed by atoms with Crippen LogP contribution in [0.1, 0.15) is 22.5 Å². The summed E-state index contributed by atoms with van der Waals surface area (Å²) in [7, 11) is 0. The standard InChI is InChI=1S/C17H20N2O3/c1-12-15(13-4-2-3-5-14(13)18-12)16(20)19-7-9-22-17(10-19)6-8-21-11-17/h2-5,18H,6-11H2,1H3. The van der Waals surface area contributed by atoms with Gasteiger partial charge in [-0.25, -0.2) is 0 Å². The van der Waals surface area contributed by atoms with Gasteiger partial charge in [0.1, 0.15) is 5.60 Å². The summed E-state index contributed by atoms with van der Waals surface area (Å²) in [5.41, 5.74) is 2.42. The summed E-state index contributed by atoms with van der Waals surface area (Å²) in [5.74, 6) is 0.0875. The van der Waals surface area contributed by atoms with Crippen LogP contribution in [-0.4, -0.2) is 54.3 Å². The summed E-state index contributed by atoms with van der Waals surface area (Å²) in [5, 5.41) is 0.994. The van der Waals surface area contributed by atoms with Gasteiger partial charge < -0.3 is 19.4 Å². The molecule has 2 aliphatic rings. The molecule has 2 fully saturated rings. The van der Waals surface area contributed by atoms with Crippen molar-refractivity contribution < 1.29 is 14.3 Å². The zero-order valence-electron chi connectivity index (χ0n) is 12.7. The lowest BCUT2D eigenvalue weighted by molar-refractivity contribution is -0.0995. The lowest BCUT2D eigenvalue weighted by Crippen LogP contribution is -2.54. The van der Waals surface area contributed by atoms with Gasteiger partial charge in [0, 0.05) is 36.2 Å². The number of benzene rings is 1. The van der Waals surface area contributed by atoms with E-state index < -0.39 is 0 Å². The minimum atomic E-state index is -0.298. The minimum Gasteiger partial charge on any atom is -0.378 e. The van der Waals surface area contributed by atoms with Crippen LogP contribution < -0.4 is 0 Å². The van der Waals surface area contributed by atoms with Gasteiger partial charge in [0.15, 0.2) is 0 Å². The molecule has 5 heteroatoms. The number of carbonyl (C=O) groups is 1. The van der Waals surface area contributed by atoms with Gasteiger partial charge in [-0.3, -0.25) is 4.79 Å². The number of morpholine rings is 1. The Kier molecular flexibility index (Phi) is 3.20. The Morgan fingerprint density at radius 3 is 3.00 bits per heavy atom. The van der Waals surface area contributed by atoms with Crippen molar-refractivity contribution >= 4 is 16.8 Å². The van der Waals surface area contributed by atoms with Crippen molar-refractivity contribution in [3.8, 4) is 0 Å². The van der Waals surface area contributed by atoms with Crippen LogP contribution in [0.25, 0.3) is 10.9 Å². The van der Waals surface area contributed by atoms with Crippen molar-refractivity contribution in [2.24, 2.45) is 0 Å². The lowest BCUT2D eigenvalue weighted by Gasteiger charge is -2.39. The topological polar surface area (TPSA) is 54.6 Å². The number of hydrogen-bond donors (Lipinski definition) is 1. The van der Waals surface area contributed by atoms with Crippen LogP contribution in [0.4, 0.5) is 0 Å². The second-order valence-electron chi connectivity index (χ2n) is 6.23. The fourth-order valence-corrected chi connectivity index (χ4v) is 3.56. The minimum absolute atomic E-state index is 0.0875. The van der Waals surface area contributed by atoms with Crippen molar-refractivity contribution in [1.29, 1.82) is 0 Å². The van der Waals surface area contributed by atoms with E-state index in [2.05, 4.69) is 4.98 Å². The fraction of sp³-hybridized carbons (Fsp3) is 0.471. The predicted octanol–water partition coefficient (Wildman–Crippen LogP) is 2.11. The van der Waals surface area contributed by atoms with Gasteiger partial charge in [0.25, 0.3) is 5.91 Å². The number of aromatic amines is 1. The smallest absolute Gasteiger partial charge is 0.256 e. The van der Waals surface area contributed by atoms with Crippen molar-refractivity contribution in [3.05, 3.63) is 35.5 Å². The Morgan fingerprint density at radius 2 is 2.18 bits per heavy atom. The largest absolute Gasteiger partial charge is 0.378 e. The predicted molar refractivity (Wildman–Crippen MR) is 83.1 cm³/mol. The third-order valence-corrected chi connectivity index (χ3v) is 4.71. The molecule has 2 aliphatic heterocycles. The number of H-pyrrole nitrogens is 1. The number of aryl methyl sites for hydroxylation is 1. The molecule has 0 saturated carbocycles. The van der Waals surface area contributed by atoms with Gasteiger partial charge in [-0.2, -0.15) is 0 Å². The SMILES string of the molecule is Cc1[nH]c2ccccc2c1C(=O)N1CCOC2(CCOC2)C1. The Balaban J connectivity index is 1.67. The number of fused-ring (bicyclic) bond motifs is 1. The molecule has 1 aromatic heterocycles.